The van der Waals surface area contributed by atoms with Crippen LogP contribution in [-0.4, -0.2) is 40.4 Å². The van der Waals surface area contributed by atoms with Crippen LogP contribution in [0.5, 0.6) is 0 Å². The molecule has 0 spiro atoms. The van der Waals surface area contributed by atoms with E-state index in [1.54, 1.807) is 4.40 Å². The van der Waals surface area contributed by atoms with Crippen molar-refractivity contribution in [2.45, 2.75) is 38.1 Å². The van der Waals surface area contributed by atoms with Gasteiger partial charge in [-0.3, -0.25) is 4.40 Å². The van der Waals surface area contributed by atoms with Gasteiger partial charge in [0, 0.05) is 13.2 Å². The summed E-state index contributed by atoms with van der Waals surface area (Å²) in [6.07, 6.45) is 6.17. The van der Waals surface area contributed by atoms with Crippen LogP contribution in [0.4, 0.5) is 19.0 Å². The van der Waals surface area contributed by atoms with E-state index in [9.17, 15) is 13.2 Å². The van der Waals surface area contributed by atoms with Gasteiger partial charge < -0.3 is 14.8 Å². The first-order valence-corrected chi connectivity index (χ1v) is 9.79. The quantitative estimate of drug-likeness (QED) is 0.480. The van der Waals surface area contributed by atoms with E-state index in [4.69, 9.17) is 15.9 Å². The molecule has 1 unspecified atom stereocenters. The molecule has 2 aromatic heterocycles. The lowest BCUT2D eigenvalue weighted by Gasteiger charge is -2.22. The first-order valence-electron chi connectivity index (χ1n) is 9.79. The number of ether oxygens (including phenoxy) is 2. The monoisotopic (exact) mass is 418 g/mol. The second-order valence-corrected chi connectivity index (χ2v) is 7.06. The molecule has 1 aliphatic heterocycles. The van der Waals surface area contributed by atoms with Crippen molar-refractivity contribution in [2.24, 2.45) is 0 Å². The number of hydrogen-bond donors (Lipinski definition) is 1. The summed E-state index contributed by atoms with van der Waals surface area (Å²) < 4.78 is 52.3. The molecule has 3 aromatic rings. The Morgan fingerprint density at radius 1 is 1.33 bits per heavy atom. The van der Waals surface area contributed by atoms with Crippen molar-refractivity contribution in [2.75, 3.05) is 25.1 Å². The van der Waals surface area contributed by atoms with E-state index >= 15 is 0 Å². The first kappa shape index (κ1) is 20.4. The molecule has 4 rings (SSSR count). The fraction of sp³-hybridized carbons (Fsp3) is 0.429. The van der Waals surface area contributed by atoms with Crippen LogP contribution in [0.25, 0.3) is 16.7 Å². The van der Waals surface area contributed by atoms with Gasteiger partial charge in [-0.25, -0.2) is 9.97 Å². The summed E-state index contributed by atoms with van der Waals surface area (Å²) >= 11 is 0. The van der Waals surface area contributed by atoms with Gasteiger partial charge in [0.1, 0.15) is 5.69 Å². The molecule has 0 amide bonds. The van der Waals surface area contributed by atoms with E-state index in [1.165, 1.54) is 12.3 Å². The molecule has 0 radical (unpaired) electrons. The van der Waals surface area contributed by atoms with Crippen molar-refractivity contribution < 1.29 is 22.6 Å². The van der Waals surface area contributed by atoms with E-state index < -0.39 is 11.7 Å². The third kappa shape index (κ3) is 4.20. The summed E-state index contributed by atoms with van der Waals surface area (Å²) in [5, 5.41) is 3.15. The molecular weight excluding hydrogens is 397 g/mol. The van der Waals surface area contributed by atoms with Crippen molar-refractivity contribution in [1.82, 2.24) is 14.4 Å². The van der Waals surface area contributed by atoms with Crippen LogP contribution in [0, 0.1) is 12.3 Å². The Balaban J connectivity index is 1.55. The number of fused-ring (bicyclic) bond motifs is 3. The van der Waals surface area contributed by atoms with Crippen molar-refractivity contribution in [1.29, 1.82) is 0 Å². The number of nitrogens with zero attached hydrogens (tertiary/aromatic N) is 3. The van der Waals surface area contributed by atoms with Crippen LogP contribution in [0.1, 0.15) is 36.9 Å². The minimum Gasteiger partial charge on any atom is -0.367 e. The minimum atomic E-state index is -4.46. The summed E-state index contributed by atoms with van der Waals surface area (Å²) in [4.78, 5) is 8.69. The third-order valence-corrected chi connectivity index (χ3v) is 4.95. The molecule has 158 valence electrons. The number of alkyl halides is 3. The van der Waals surface area contributed by atoms with Crippen molar-refractivity contribution in [3.05, 3.63) is 35.7 Å². The molecule has 0 aliphatic carbocycles. The first-order chi connectivity index (χ1) is 14.5. The second-order valence-electron chi connectivity index (χ2n) is 7.06. The number of anilines is 1. The number of benzene rings is 1. The fourth-order valence-corrected chi connectivity index (χ4v) is 3.47. The zero-order valence-electron chi connectivity index (χ0n) is 16.2. The van der Waals surface area contributed by atoms with Gasteiger partial charge in [-0.05, 0) is 43.9 Å². The molecule has 1 aromatic carbocycles. The zero-order valence-corrected chi connectivity index (χ0v) is 16.2. The number of rotatable bonds is 6. The molecule has 1 fully saturated rings. The summed E-state index contributed by atoms with van der Waals surface area (Å²) in [6, 6.07) is 3.40. The van der Waals surface area contributed by atoms with Crippen LogP contribution >= 0.6 is 0 Å². The Morgan fingerprint density at radius 2 is 2.20 bits per heavy atom. The smallest absolute Gasteiger partial charge is 0.367 e. The summed E-state index contributed by atoms with van der Waals surface area (Å²) in [6.45, 7) is 1.74. The van der Waals surface area contributed by atoms with Crippen LogP contribution in [0.15, 0.2) is 24.4 Å². The highest BCUT2D eigenvalue weighted by atomic mass is 19.4. The average Bonchev–Trinajstić information content (AvgIpc) is 3.18. The Bertz CT molecular complexity index is 1080. The van der Waals surface area contributed by atoms with Gasteiger partial charge in [0.25, 0.3) is 0 Å². The Kier molecular flexibility index (Phi) is 5.79. The van der Waals surface area contributed by atoms with Crippen molar-refractivity contribution >= 4 is 22.5 Å². The van der Waals surface area contributed by atoms with Gasteiger partial charge >= 0.3 is 6.18 Å². The van der Waals surface area contributed by atoms with Crippen LogP contribution in [-0.2, 0) is 15.7 Å². The molecule has 3 heterocycles. The number of halogens is 3. The van der Waals surface area contributed by atoms with Gasteiger partial charge in [-0.15, -0.1) is 6.42 Å². The van der Waals surface area contributed by atoms with Crippen LogP contribution in [0.3, 0.4) is 0 Å². The minimum absolute atomic E-state index is 0.157. The Morgan fingerprint density at radius 3 is 2.93 bits per heavy atom. The number of hydrogen-bond acceptors (Lipinski definition) is 5. The molecular formula is C21H21F3N4O2. The number of imidazole rings is 1. The highest BCUT2D eigenvalue weighted by Crippen LogP contribution is 2.32. The SMILES string of the molecule is C#Cc1cnc2c(NCCCOC3CCCCO3)nc3cc(C(F)(F)F)ccc3n12. The van der Waals surface area contributed by atoms with Gasteiger partial charge in [0.2, 0.25) is 0 Å². The van der Waals surface area contributed by atoms with Gasteiger partial charge in [0.15, 0.2) is 17.8 Å². The molecule has 30 heavy (non-hydrogen) atoms. The second kappa shape index (κ2) is 8.50. The summed E-state index contributed by atoms with van der Waals surface area (Å²) in [5.41, 5.74) is 0.786. The van der Waals surface area contributed by atoms with E-state index in [1.807, 2.05) is 0 Å². The molecule has 9 heteroatoms. The molecule has 1 N–H and O–H groups in total. The Hall–Kier alpha value is -2.83. The van der Waals surface area contributed by atoms with E-state index in [-0.39, 0.29) is 11.8 Å². The average molecular weight is 418 g/mol. The van der Waals surface area contributed by atoms with E-state index in [0.717, 1.165) is 38.0 Å². The standard InChI is InChI=1S/C21H21F3N4O2/c1-2-15-13-26-20-19(25-9-5-11-30-18-6-3-4-10-29-18)27-16-12-14(21(22,23)24)7-8-17(16)28(15)20/h1,7-8,12-13,18H,3-6,9-11H2,(H,25,27). The van der Waals surface area contributed by atoms with Gasteiger partial charge in [-0.1, -0.05) is 5.92 Å². The van der Waals surface area contributed by atoms with Gasteiger partial charge in [0.05, 0.1) is 29.4 Å². The maximum atomic E-state index is 13.1. The zero-order chi connectivity index (χ0) is 21.1. The maximum Gasteiger partial charge on any atom is 0.416 e. The fourth-order valence-electron chi connectivity index (χ4n) is 3.47. The largest absolute Gasteiger partial charge is 0.416 e. The molecule has 6 nitrogen and oxygen atoms in total. The van der Waals surface area contributed by atoms with Gasteiger partial charge in [-0.2, -0.15) is 13.2 Å². The van der Waals surface area contributed by atoms with E-state index in [0.29, 0.717) is 42.2 Å². The topological polar surface area (TPSA) is 60.7 Å². The summed E-state index contributed by atoms with van der Waals surface area (Å²) in [5.74, 6) is 2.89. The van der Waals surface area contributed by atoms with Crippen molar-refractivity contribution in [3.8, 4) is 12.3 Å². The van der Waals surface area contributed by atoms with E-state index in [2.05, 4.69) is 21.2 Å². The lowest BCUT2D eigenvalue weighted by atomic mass is 10.2. The number of aromatic nitrogens is 3. The maximum absolute atomic E-state index is 13.1. The molecule has 1 aliphatic rings. The molecule has 0 saturated carbocycles. The van der Waals surface area contributed by atoms with Crippen LogP contribution in [0.2, 0.25) is 0 Å². The third-order valence-electron chi connectivity index (χ3n) is 4.95. The highest BCUT2D eigenvalue weighted by molar-refractivity contribution is 5.84. The number of nitrogens with one attached hydrogen (secondary N) is 1. The normalized spacial score (nSPS) is 17.3. The van der Waals surface area contributed by atoms with Crippen LogP contribution < -0.4 is 5.32 Å². The molecule has 1 atom stereocenters. The lowest BCUT2D eigenvalue weighted by Crippen LogP contribution is -2.23. The number of terminal acetylenes is 1. The van der Waals surface area contributed by atoms with Crippen molar-refractivity contribution in [3.63, 3.8) is 0 Å². The molecule has 1 saturated heterocycles. The Labute approximate surface area is 171 Å². The molecule has 0 bridgehead atoms. The summed E-state index contributed by atoms with van der Waals surface area (Å²) in [7, 11) is 0. The predicted molar refractivity (Wildman–Crippen MR) is 106 cm³/mol. The highest BCUT2D eigenvalue weighted by Gasteiger charge is 2.31. The lowest BCUT2D eigenvalue weighted by molar-refractivity contribution is -0.162. The predicted octanol–water partition coefficient (Wildman–Crippen LogP) is 4.23.